The third kappa shape index (κ3) is 3.50. The largest absolute Gasteiger partial charge is 0.293 e. The molecule has 3 aliphatic carbocycles. The molecule has 2 bridgehead atoms. The second-order valence-electron chi connectivity index (χ2n) is 10.5. The molecule has 2 atom stereocenters. The Labute approximate surface area is 244 Å². The Bertz CT molecular complexity index is 1810. The van der Waals surface area contributed by atoms with Gasteiger partial charge in [0.05, 0.1) is 22.2 Å². The zero-order valence-electron chi connectivity index (χ0n) is 21.8. The van der Waals surface area contributed by atoms with Gasteiger partial charge in [0.25, 0.3) is 11.6 Å². The van der Waals surface area contributed by atoms with Gasteiger partial charge in [0.2, 0.25) is 11.8 Å². The Hall–Kier alpha value is -5.15. The molecular formula is C32H21ClN4O5. The van der Waals surface area contributed by atoms with Crippen molar-refractivity contribution in [3.63, 3.8) is 0 Å². The molecule has 3 amide bonds. The van der Waals surface area contributed by atoms with Crippen molar-refractivity contribution < 1.29 is 19.3 Å². The molecule has 0 aromatic heterocycles. The maximum atomic E-state index is 14.4. The van der Waals surface area contributed by atoms with Crippen molar-refractivity contribution in [3.05, 3.63) is 140 Å². The first-order valence-corrected chi connectivity index (χ1v) is 13.6. The summed E-state index contributed by atoms with van der Waals surface area (Å²) >= 11 is 5.96. The van der Waals surface area contributed by atoms with Crippen LogP contribution in [0.3, 0.4) is 0 Å². The number of imide groups is 1. The van der Waals surface area contributed by atoms with Gasteiger partial charge in [0.15, 0.2) is 0 Å². The van der Waals surface area contributed by atoms with Crippen molar-refractivity contribution in [1.82, 2.24) is 5.43 Å². The van der Waals surface area contributed by atoms with Gasteiger partial charge in [-0.2, -0.15) is 5.10 Å². The van der Waals surface area contributed by atoms with Gasteiger partial charge in [-0.05, 0) is 52.6 Å². The van der Waals surface area contributed by atoms with Gasteiger partial charge < -0.3 is 0 Å². The van der Waals surface area contributed by atoms with Crippen molar-refractivity contribution in [2.24, 2.45) is 16.9 Å². The number of carbonyl (C=O) groups excluding carboxylic acids is 3. The molecule has 42 heavy (non-hydrogen) atoms. The van der Waals surface area contributed by atoms with Gasteiger partial charge >= 0.3 is 0 Å². The van der Waals surface area contributed by atoms with E-state index in [4.69, 9.17) is 11.6 Å². The standard InChI is InChI=1S/C32H21ClN4O5/c33-19-15-13-18(14-16-19)29(38)35-34-17-32-22-9-3-1-7-20(22)26(21-8-2-4-10-23(21)32)27-28(32)31(40)36(30(27)39)24-11-5-6-12-25(24)37(41)42/h1-17,26-28H,(H,35,38)/b34-17-/t26?,27-,28+,32?/m0/s1. The normalized spacial score (nSPS) is 23.5. The molecule has 4 aromatic carbocycles. The molecule has 0 spiro atoms. The Kier molecular flexibility index (Phi) is 5.81. The number of carbonyl (C=O) groups is 3. The van der Waals surface area contributed by atoms with Crippen LogP contribution in [0.5, 0.6) is 0 Å². The molecule has 1 heterocycles. The molecule has 0 radical (unpaired) electrons. The topological polar surface area (TPSA) is 122 Å². The van der Waals surface area contributed by atoms with E-state index in [1.807, 2.05) is 48.5 Å². The number of rotatable bonds is 5. The maximum Gasteiger partial charge on any atom is 0.293 e. The molecule has 10 heteroatoms. The van der Waals surface area contributed by atoms with Crippen molar-refractivity contribution in [2.45, 2.75) is 11.3 Å². The number of amides is 3. The predicted octanol–water partition coefficient (Wildman–Crippen LogP) is 5.21. The van der Waals surface area contributed by atoms with Crippen LogP contribution in [0.15, 0.2) is 102 Å². The number of halogens is 1. The summed E-state index contributed by atoms with van der Waals surface area (Å²) in [5, 5.41) is 16.8. The van der Waals surface area contributed by atoms with E-state index in [1.165, 1.54) is 18.2 Å². The van der Waals surface area contributed by atoms with E-state index >= 15 is 0 Å². The summed E-state index contributed by atoms with van der Waals surface area (Å²) in [4.78, 5) is 53.8. The summed E-state index contributed by atoms with van der Waals surface area (Å²) in [6, 6.07) is 27.3. The third-order valence-corrected chi connectivity index (χ3v) is 8.80. The minimum absolute atomic E-state index is 0.0671. The number of hydrogen-bond donors (Lipinski definition) is 1. The van der Waals surface area contributed by atoms with E-state index in [1.54, 1.807) is 36.5 Å². The molecule has 0 unspecified atom stereocenters. The highest BCUT2D eigenvalue weighted by Crippen LogP contribution is 2.63. The summed E-state index contributed by atoms with van der Waals surface area (Å²) in [5.74, 6) is -3.75. The van der Waals surface area contributed by atoms with Crippen LogP contribution >= 0.6 is 11.6 Å². The van der Waals surface area contributed by atoms with Crippen LogP contribution < -0.4 is 10.3 Å². The molecule has 1 fully saturated rings. The minimum Gasteiger partial charge on any atom is -0.274 e. The lowest BCUT2D eigenvalue weighted by molar-refractivity contribution is -0.384. The second-order valence-corrected chi connectivity index (χ2v) is 10.9. The number of para-hydroxylation sites is 2. The number of nitro groups is 1. The molecule has 0 saturated carbocycles. The number of benzene rings is 4. The first-order valence-electron chi connectivity index (χ1n) is 13.2. The molecule has 4 aliphatic rings. The number of nitrogens with one attached hydrogen (secondary N) is 1. The fourth-order valence-corrected chi connectivity index (χ4v) is 7.08. The summed E-state index contributed by atoms with van der Waals surface area (Å²) in [6.07, 6.45) is 1.54. The van der Waals surface area contributed by atoms with Gasteiger partial charge in [-0.1, -0.05) is 72.3 Å². The van der Waals surface area contributed by atoms with Crippen molar-refractivity contribution >= 4 is 46.9 Å². The highest BCUT2D eigenvalue weighted by molar-refractivity contribution is 6.30. The smallest absolute Gasteiger partial charge is 0.274 e. The Balaban J connectivity index is 1.41. The number of hydrazone groups is 1. The first-order chi connectivity index (χ1) is 20.3. The number of hydrogen-bond acceptors (Lipinski definition) is 6. The summed E-state index contributed by atoms with van der Waals surface area (Å²) < 4.78 is 0. The van der Waals surface area contributed by atoms with Crippen LogP contribution in [0.1, 0.15) is 38.5 Å². The second kappa shape index (κ2) is 9.46. The van der Waals surface area contributed by atoms with Gasteiger partial charge in [-0.3, -0.25) is 24.5 Å². The van der Waals surface area contributed by atoms with Crippen LogP contribution in [-0.4, -0.2) is 28.9 Å². The molecule has 8 rings (SSSR count). The monoisotopic (exact) mass is 576 g/mol. The molecule has 1 aliphatic heterocycles. The van der Waals surface area contributed by atoms with E-state index in [-0.39, 0.29) is 11.4 Å². The van der Waals surface area contributed by atoms with E-state index in [2.05, 4.69) is 10.5 Å². The first kappa shape index (κ1) is 25.8. The number of anilines is 1. The van der Waals surface area contributed by atoms with Crippen molar-refractivity contribution in [2.75, 3.05) is 4.90 Å². The quantitative estimate of drug-likeness (QED) is 0.151. The fourth-order valence-electron chi connectivity index (χ4n) is 6.95. The van der Waals surface area contributed by atoms with Crippen LogP contribution in [0, 0.1) is 22.0 Å². The summed E-state index contributed by atoms with van der Waals surface area (Å²) in [7, 11) is 0. The van der Waals surface area contributed by atoms with E-state index in [9.17, 15) is 24.5 Å². The van der Waals surface area contributed by atoms with Gasteiger partial charge in [0.1, 0.15) is 5.69 Å². The average Bonchev–Trinajstić information content (AvgIpc) is 3.28. The number of nitro benzene ring substituents is 1. The van der Waals surface area contributed by atoms with Gasteiger partial charge in [-0.15, -0.1) is 0 Å². The molecule has 206 valence electrons. The molecule has 1 saturated heterocycles. The zero-order valence-corrected chi connectivity index (χ0v) is 22.6. The lowest BCUT2D eigenvalue weighted by atomic mass is 9.47. The highest BCUT2D eigenvalue weighted by atomic mass is 35.5. The van der Waals surface area contributed by atoms with Crippen molar-refractivity contribution in [1.29, 1.82) is 0 Å². The van der Waals surface area contributed by atoms with E-state index < -0.39 is 45.8 Å². The fraction of sp³-hybridized carbons (Fsp3) is 0.125. The Morgan fingerprint density at radius 3 is 2.12 bits per heavy atom. The van der Waals surface area contributed by atoms with Gasteiger partial charge in [0, 0.05) is 28.8 Å². The Morgan fingerprint density at radius 1 is 0.881 bits per heavy atom. The SMILES string of the molecule is O=C(N/N=C\C12c3ccccc3C(c3ccccc31)[C@@H]1C(=O)N(c3ccccc3[N+](=O)[O-])C(=O)[C@@H]12)c1ccc(Cl)cc1. The predicted molar refractivity (Wildman–Crippen MR) is 155 cm³/mol. The van der Waals surface area contributed by atoms with Crippen LogP contribution in [0.25, 0.3) is 0 Å². The third-order valence-electron chi connectivity index (χ3n) is 8.54. The highest BCUT2D eigenvalue weighted by Gasteiger charge is 2.68. The minimum atomic E-state index is -1.23. The molecular weight excluding hydrogens is 556 g/mol. The lowest BCUT2D eigenvalue weighted by Gasteiger charge is -2.52. The van der Waals surface area contributed by atoms with E-state index in [0.717, 1.165) is 27.2 Å². The van der Waals surface area contributed by atoms with Crippen LogP contribution in [-0.2, 0) is 15.0 Å². The van der Waals surface area contributed by atoms with E-state index in [0.29, 0.717) is 10.6 Å². The lowest BCUT2D eigenvalue weighted by Crippen LogP contribution is -2.54. The summed E-state index contributed by atoms with van der Waals surface area (Å²) in [6.45, 7) is 0. The number of nitrogens with zero attached hydrogens (tertiary/aromatic N) is 3. The molecule has 4 aromatic rings. The molecule has 1 N–H and O–H groups in total. The Morgan fingerprint density at radius 2 is 1.48 bits per heavy atom. The van der Waals surface area contributed by atoms with Crippen LogP contribution in [0.2, 0.25) is 5.02 Å². The van der Waals surface area contributed by atoms with Gasteiger partial charge in [-0.25, -0.2) is 10.3 Å². The average molecular weight is 577 g/mol. The maximum absolute atomic E-state index is 14.4. The summed E-state index contributed by atoms with van der Waals surface area (Å²) in [5.41, 5.74) is 4.61. The zero-order chi connectivity index (χ0) is 29.2. The van der Waals surface area contributed by atoms with Crippen LogP contribution in [0.4, 0.5) is 11.4 Å². The van der Waals surface area contributed by atoms with Crippen molar-refractivity contribution in [3.8, 4) is 0 Å². The molecule has 9 nitrogen and oxygen atoms in total.